The molecule has 0 fully saturated rings. The van der Waals surface area contributed by atoms with E-state index in [9.17, 15) is 9.59 Å². The second kappa shape index (κ2) is 4.50. The van der Waals surface area contributed by atoms with Gasteiger partial charge in [0.2, 0.25) is 0 Å². The number of carbonyl (C=O) groups excluding carboxylic acids is 1. The SMILES string of the molecule is CC(C)(C)OC(=O)C(S)CC(=O)O. The molecule has 0 saturated carbocycles. The number of carboxylic acids is 1. The van der Waals surface area contributed by atoms with Gasteiger partial charge in [-0.2, -0.15) is 12.6 Å². The molecule has 0 amide bonds. The maximum absolute atomic E-state index is 11.1. The summed E-state index contributed by atoms with van der Waals surface area (Å²) >= 11 is 3.82. The Morgan fingerprint density at radius 2 is 1.92 bits per heavy atom. The van der Waals surface area contributed by atoms with Gasteiger partial charge in [-0.25, -0.2) is 0 Å². The van der Waals surface area contributed by atoms with Crippen molar-refractivity contribution in [1.29, 1.82) is 0 Å². The van der Waals surface area contributed by atoms with Gasteiger partial charge in [-0.15, -0.1) is 0 Å². The third-order valence-electron chi connectivity index (χ3n) is 1.05. The molecule has 0 spiro atoms. The molecule has 0 bridgehead atoms. The molecule has 5 heteroatoms. The molecule has 1 N–H and O–H groups in total. The van der Waals surface area contributed by atoms with Crippen molar-refractivity contribution in [3.63, 3.8) is 0 Å². The number of hydrogen-bond acceptors (Lipinski definition) is 4. The first-order chi connectivity index (χ1) is 5.72. The van der Waals surface area contributed by atoms with Gasteiger partial charge in [0.1, 0.15) is 10.9 Å². The molecule has 0 aliphatic carbocycles. The minimum atomic E-state index is -1.06. The van der Waals surface area contributed by atoms with Crippen LogP contribution in [0.3, 0.4) is 0 Å². The Bertz CT molecular complexity index is 207. The molecule has 0 radical (unpaired) electrons. The number of aliphatic carboxylic acids is 1. The predicted octanol–water partition coefficient (Wildman–Crippen LogP) is 1.10. The smallest absolute Gasteiger partial charge is 0.319 e. The zero-order valence-electron chi connectivity index (χ0n) is 7.90. The normalized spacial score (nSPS) is 13.5. The Labute approximate surface area is 82.7 Å². The van der Waals surface area contributed by atoms with Crippen LogP contribution < -0.4 is 0 Å². The molecule has 76 valence electrons. The summed E-state index contributed by atoms with van der Waals surface area (Å²) in [6.45, 7) is 5.14. The van der Waals surface area contributed by atoms with E-state index in [0.717, 1.165) is 0 Å². The topological polar surface area (TPSA) is 63.6 Å². The lowest BCUT2D eigenvalue weighted by atomic mass is 10.2. The molecule has 1 unspecified atom stereocenters. The number of rotatable bonds is 3. The lowest BCUT2D eigenvalue weighted by Gasteiger charge is -2.21. The average Bonchev–Trinajstić information content (AvgIpc) is 1.81. The number of carboxylic acid groups (broad SMARTS) is 1. The first-order valence-electron chi connectivity index (χ1n) is 3.85. The fourth-order valence-corrected chi connectivity index (χ4v) is 0.827. The summed E-state index contributed by atoms with van der Waals surface area (Å²) in [7, 11) is 0. The van der Waals surface area contributed by atoms with Gasteiger partial charge in [-0.1, -0.05) is 0 Å². The molecule has 0 aliphatic heterocycles. The average molecular weight is 206 g/mol. The van der Waals surface area contributed by atoms with Crippen LogP contribution in [0, 0.1) is 0 Å². The Morgan fingerprint density at radius 3 is 2.23 bits per heavy atom. The van der Waals surface area contributed by atoms with E-state index < -0.39 is 22.8 Å². The highest BCUT2D eigenvalue weighted by Crippen LogP contribution is 2.12. The third-order valence-corrected chi connectivity index (χ3v) is 1.44. The van der Waals surface area contributed by atoms with E-state index in [1.165, 1.54) is 0 Å². The molecule has 0 aromatic heterocycles. The molecule has 0 aromatic carbocycles. The molecule has 0 aliphatic rings. The summed E-state index contributed by atoms with van der Waals surface area (Å²) < 4.78 is 4.92. The van der Waals surface area contributed by atoms with E-state index in [4.69, 9.17) is 9.84 Å². The van der Waals surface area contributed by atoms with Crippen molar-refractivity contribution in [1.82, 2.24) is 0 Å². The lowest BCUT2D eigenvalue weighted by Crippen LogP contribution is -2.30. The van der Waals surface area contributed by atoms with Crippen molar-refractivity contribution in [2.24, 2.45) is 0 Å². The molecule has 0 heterocycles. The second-order valence-corrected chi connectivity index (χ2v) is 4.27. The highest BCUT2D eigenvalue weighted by atomic mass is 32.1. The van der Waals surface area contributed by atoms with E-state index in [1.54, 1.807) is 20.8 Å². The third kappa shape index (κ3) is 6.45. The van der Waals surface area contributed by atoms with Crippen molar-refractivity contribution < 1.29 is 19.4 Å². The van der Waals surface area contributed by atoms with Crippen LogP contribution in [0.1, 0.15) is 27.2 Å². The van der Waals surface area contributed by atoms with E-state index in [-0.39, 0.29) is 6.42 Å². The number of thiol groups is 1. The minimum Gasteiger partial charge on any atom is -0.481 e. The fraction of sp³-hybridized carbons (Fsp3) is 0.750. The van der Waals surface area contributed by atoms with Gasteiger partial charge in [-0.05, 0) is 20.8 Å². The Balaban J connectivity index is 4.05. The largest absolute Gasteiger partial charge is 0.481 e. The van der Waals surface area contributed by atoms with Crippen molar-refractivity contribution in [2.75, 3.05) is 0 Å². The quantitative estimate of drug-likeness (QED) is 0.536. The zero-order chi connectivity index (χ0) is 10.6. The van der Waals surface area contributed by atoms with Gasteiger partial charge in [0.25, 0.3) is 0 Å². The van der Waals surface area contributed by atoms with Crippen LogP contribution in [0.25, 0.3) is 0 Å². The second-order valence-electron chi connectivity index (χ2n) is 3.65. The zero-order valence-corrected chi connectivity index (χ0v) is 8.80. The minimum absolute atomic E-state index is 0.321. The summed E-state index contributed by atoms with van der Waals surface area (Å²) in [5.41, 5.74) is -0.601. The highest BCUT2D eigenvalue weighted by Gasteiger charge is 2.23. The van der Waals surface area contributed by atoms with Crippen LogP contribution in [-0.2, 0) is 14.3 Å². The first-order valence-corrected chi connectivity index (χ1v) is 4.37. The van der Waals surface area contributed by atoms with Gasteiger partial charge < -0.3 is 9.84 Å². The van der Waals surface area contributed by atoms with E-state index >= 15 is 0 Å². The maximum atomic E-state index is 11.1. The summed E-state index contributed by atoms with van der Waals surface area (Å²) in [6.07, 6.45) is -0.321. The highest BCUT2D eigenvalue weighted by molar-refractivity contribution is 7.81. The number of ether oxygens (including phenoxy) is 1. The molecule has 0 rings (SSSR count). The standard InChI is InChI=1S/C8H14O4S/c1-8(2,3)12-7(11)5(13)4-6(9)10/h5,13H,4H2,1-3H3,(H,9,10). The van der Waals surface area contributed by atoms with Crippen LogP contribution in [0.5, 0.6) is 0 Å². The van der Waals surface area contributed by atoms with E-state index in [2.05, 4.69) is 12.6 Å². The molecule has 0 aromatic rings. The Hall–Kier alpha value is -0.710. The van der Waals surface area contributed by atoms with Crippen LogP contribution >= 0.6 is 12.6 Å². The molecule has 13 heavy (non-hydrogen) atoms. The monoisotopic (exact) mass is 206 g/mol. The van der Waals surface area contributed by atoms with Crippen molar-refractivity contribution in [2.45, 2.75) is 38.0 Å². The van der Waals surface area contributed by atoms with Crippen molar-refractivity contribution in [3.05, 3.63) is 0 Å². The van der Waals surface area contributed by atoms with Crippen LogP contribution in [-0.4, -0.2) is 27.9 Å². The molecular formula is C8H14O4S. The Kier molecular flexibility index (Phi) is 4.26. The summed E-state index contributed by atoms with van der Waals surface area (Å²) in [5.74, 6) is -1.66. The van der Waals surface area contributed by atoms with Gasteiger partial charge in [0.05, 0.1) is 6.42 Å². The van der Waals surface area contributed by atoms with Gasteiger partial charge >= 0.3 is 11.9 Å². The molecule has 0 saturated heterocycles. The predicted molar refractivity (Wildman–Crippen MR) is 50.9 cm³/mol. The van der Waals surface area contributed by atoms with Crippen LogP contribution in [0.4, 0.5) is 0 Å². The Morgan fingerprint density at radius 1 is 1.46 bits per heavy atom. The van der Waals surface area contributed by atoms with E-state index in [0.29, 0.717) is 0 Å². The van der Waals surface area contributed by atoms with Crippen molar-refractivity contribution in [3.8, 4) is 0 Å². The number of hydrogen-bond donors (Lipinski definition) is 2. The maximum Gasteiger partial charge on any atom is 0.319 e. The lowest BCUT2D eigenvalue weighted by molar-refractivity contribution is -0.156. The summed E-state index contributed by atoms with van der Waals surface area (Å²) in [4.78, 5) is 21.4. The summed E-state index contributed by atoms with van der Waals surface area (Å²) in [5, 5.41) is 7.48. The molecule has 4 nitrogen and oxygen atoms in total. The fourth-order valence-electron chi connectivity index (χ4n) is 0.619. The molecular weight excluding hydrogens is 192 g/mol. The summed E-state index contributed by atoms with van der Waals surface area (Å²) in [6, 6.07) is 0. The van der Waals surface area contributed by atoms with E-state index in [1.807, 2.05) is 0 Å². The van der Waals surface area contributed by atoms with Crippen LogP contribution in [0.15, 0.2) is 0 Å². The molecule has 1 atom stereocenters. The van der Waals surface area contributed by atoms with Gasteiger partial charge in [0.15, 0.2) is 0 Å². The van der Waals surface area contributed by atoms with Crippen molar-refractivity contribution >= 4 is 24.6 Å². The van der Waals surface area contributed by atoms with Crippen LogP contribution in [0.2, 0.25) is 0 Å². The first kappa shape index (κ1) is 12.3. The number of carbonyl (C=O) groups is 2. The van der Waals surface area contributed by atoms with Gasteiger partial charge in [-0.3, -0.25) is 9.59 Å². The van der Waals surface area contributed by atoms with Gasteiger partial charge in [0, 0.05) is 0 Å². The number of esters is 1.